The summed E-state index contributed by atoms with van der Waals surface area (Å²) in [6, 6.07) is 8.28. The maximum absolute atomic E-state index is 12.4. The Kier molecular flexibility index (Phi) is 6.84. The highest BCUT2D eigenvalue weighted by Crippen LogP contribution is 2.34. The van der Waals surface area contributed by atoms with Crippen LogP contribution >= 0.6 is 26.0 Å². The molecule has 0 unspecified atom stereocenters. The normalized spacial score (nSPS) is 15.3. The fraction of sp³-hybridized carbons (Fsp3) is 0.611. The van der Waals surface area contributed by atoms with Crippen molar-refractivity contribution in [1.82, 2.24) is 4.90 Å². The monoisotopic (exact) mass is 401 g/mol. The maximum atomic E-state index is 12.4. The molecule has 3 nitrogen and oxygen atoms in total. The van der Waals surface area contributed by atoms with Crippen molar-refractivity contribution in [1.29, 1.82) is 0 Å². The lowest BCUT2D eigenvalue weighted by atomic mass is 10.1. The van der Waals surface area contributed by atoms with Gasteiger partial charge in [0.05, 0.1) is 0 Å². The predicted molar refractivity (Wildman–Crippen MR) is 104 cm³/mol. The van der Waals surface area contributed by atoms with Crippen molar-refractivity contribution >= 4 is 32.1 Å². The molecule has 1 aromatic carbocycles. The quantitative estimate of drug-likeness (QED) is 0.639. The molecule has 130 valence electrons. The lowest BCUT2D eigenvalue weighted by Gasteiger charge is -2.26. The van der Waals surface area contributed by atoms with Crippen LogP contribution in [0.15, 0.2) is 28.7 Å². The standard InChI is InChI=1S/C18H28BrNO2S/c1-23(2,3)12-11-22-18(21)20(14-16-7-8-16)10-9-15-5-4-6-17(19)13-15/h4-6,13,16H,7-12,14H2,1-3H3. The second-order valence-corrected chi connectivity index (χ2v) is 12.7. The lowest BCUT2D eigenvalue weighted by Crippen LogP contribution is -2.35. The van der Waals surface area contributed by atoms with Crippen molar-refractivity contribution in [2.75, 3.05) is 44.2 Å². The van der Waals surface area contributed by atoms with Gasteiger partial charge in [0.1, 0.15) is 6.61 Å². The summed E-state index contributed by atoms with van der Waals surface area (Å²) in [5.41, 5.74) is 1.24. The molecule has 1 amide bonds. The first kappa shape index (κ1) is 18.7. The Morgan fingerprint density at radius 3 is 2.70 bits per heavy atom. The summed E-state index contributed by atoms with van der Waals surface area (Å²) >= 11 is 3.50. The van der Waals surface area contributed by atoms with Crippen LogP contribution in [0.25, 0.3) is 0 Å². The molecule has 0 bridgehead atoms. The van der Waals surface area contributed by atoms with Crippen molar-refractivity contribution in [2.45, 2.75) is 19.3 Å². The zero-order valence-electron chi connectivity index (χ0n) is 14.4. The van der Waals surface area contributed by atoms with Crippen molar-refractivity contribution in [2.24, 2.45) is 5.92 Å². The van der Waals surface area contributed by atoms with Crippen molar-refractivity contribution in [3.63, 3.8) is 0 Å². The minimum Gasteiger partial charge on any atom is -0.449 e. The van der Waals surface area contributed by atoms with Crippen LogP contribution in [0.4, 0.5) is 4.79 Å². The first-order chi connectivity index (χ1) is 10.8. The minimum absolute atomic E-state index is 0.143. The van der Waals surface area contributed by atoms with Crippen molar-refractivity contribution in [3.05, 3.63) is 34.3 Å². The Hall–Kier alpha value is -0.680. The molecular formula is C18H28BrNO2S. The molecule has 0 atom stereocenters. The Morgan fingerprint density at radius 2 is 2.09 bits per heavy atom. The van der Waals surface area contributed by atoms with Gasteiger partial charge in [0, 0.05) is 23.3 Å². The molecular weight excluding hydrogens is 374 g/mol. The van der Waals surface area contributed by atoms with Crippen LogP contribution in [0.5, 0.6) is 0 Å². The van der Waals surface area contributed by atoms with Gasteiger partial charge >= 0.3 is 6.09 Å². The molecule has 1 aromatic rings. The number of halogens is 1. The second kappa shape index (κ2) is 8.43. The third kappa shape index (κ3) is 7.62. The van der Waals surface area contributed by atoms with Crippen LogP contribution in [0, 0.1) is 5.92 Å². The summed E-state index contributed by atoms with van der Waals surface area (Å²) in [6.45, 7) is 2.11. The molecule has 0 N–H and O–H groups in total. The number of rotatable bonds is 8. The summed E-state index contributed by atoms with van der Waals surface area (Å²) < 4.78 is 6.60. The van der Waals surface area contributed by atoms with Crippen molar-refractivity contribution in [3.8, 4) is 0 Å². The molecule has 1 aliphatic carbocycles. The van der Waals surface area contributed by atoms with E-state index >= 15 is 0 Å². The van der Waals surface area contributed by atoms with Crippen LogP contribution in [0.1, 0.15) is 18.4 Å². The molecule has 2 rings (SSSR count). The smallest absolute Gasteiger partial charge is 0.409 e. The average molecular weight is 402 g/mol. The number of nitrogens with zero attached hydrogens (tertiary/aromatic N) is 1. The van der Waals surface area contributed by atoms with Crippen LogP contribution in [0.2, 0.25) is 0 Å². The summed E-state index contributed by atoms with van der Waals surface area (Å²) in [5.74, 6) is 1.65. The number of carbonyl (C=O) groups excluding carboxylic acids is 1. The molecule has 23 heavy (non-hydrogen) atoms. The number of benzene rings is 1. The molecule has 0 saturated heterocycles. The van der Waals surface area contributed by atoms with E-state index in [1.807, 2.05) is 17.0 Å². The van der Waals surface area contributed by atoms with Crippen LogP contribution in [-0.2, 0) is 11.2 Å². The van der Waals surface area contributed by atoms with Crippen LogP contribution in [0.3, 0.4) is 0 Å². The van der Waals surface area contributed by atoms with E-state index in [4.69, 9.17) is 4.74 Å². The summed E-state index contributed by atoms with van der Waals surface area (Å²) in [7, 11) is -0.617. The minimum atomic E-state index is -0.617. The third-order valence-electron chi connectivity index (χ3n) is 3.91. The number of hydrogen-bond donors (Lipinski definition) is 0. The van der Waals surface area contributed by atoms with E-state index in [0.717, 1.165) is 29.7 Å². The van der Waals surface area contributed by atoms with Gasteiger partial charge in [-0.3, -0.25) is 0 Å². The zero-order valence-corrected chi connectivity index (χ0v) is 16.8. The largest absolute Gasteiger partial charge is 0.449 e. The second-order valence-electron chi connectivity index (χ2n) is 7.18. The van der Waals surface area contributed by atoms with Gasteiger partial charge in [0.25, 0.3) is 0 Å². The van der Waals surface area contributed by atoms with Crippen LogP contribution in [-0.4, -0.2) is 55.2 Å². The van der Waals surface area contributed by atoms with Crippen molar-refractivity contribution < 1.29 is 9.53 Å². The van der Waals surface area contributed by atoms with Gasteiger partial charge < -0.3 is 9.64 Å². The van der Waals surface area contributed by atoms with Gasteiger partial charge in [-0.2, -0.15) is 0 Å². The van der Waals surface area contributed by atoms with Gasteiger partial charge in [0.2, 0.25) is 0 Å². The first-order valence-corrected chi connectivity index (χ1v) is 12.0. The van der Waals surface area contributed by atoms with E-state index in [1.165, 1.54) is 18.4 Å². The molecule has 0 aliphatic heterocycles. The van der Waals surface area contributed by atoms with Gasteiger partial charge in [-0.1, -0.05) is 28.1 Å². The lowest BCUT2D eigenvalue weighted by molar-refractivity contribution is 0.106. The van der Waals surface area contributed by atoms with Crippen LogP contribution < -0.4 is 0 Å². The Labute approximate surface area is 150 Å². The highest BCUT2D eigenvalue weighted by Gasteiger charge is 2.27. The average Bonchev–Trinajstić information content (AvgIpc) is 3.26. The van der Waals surface area contributed by atoms with Gasteiger partial charge in [-0.25, -0.2) is 14.8 Å². The molecule has 0 heterocycles. The maximum Gasteiger partial charge on any atom is 0.409 e. The van der Waals surface area contributed by atoms with Gasteiger partial charge in [-0.15, -0.1) is 0 Å². The number of amides is 1. The summed E-state index contributed by atoms with van der Waals surface area (Å²) in [5, 5.41) is 0. The molecule has 0 aromatic heterocycles. The van der Waals surface area contributed by atoms with E-state index in [-0.39, 0.29) is 6.09 Å². The first-order valence-electron chi connectivity index (χ1n) is 8.16. The molecule has 1 fully saturated rings. The summed E-state index contributed by atoms with van der Waals surface area (Å²) in [4.78, 5) is 14.3. The topological polar surface area (TPSA) is 29.5 Å². The molecule has 0 spiro atoms. The highest BCUT2D eigenvalue weighted by atomic mass is 79.9. The molecule has 1 aliphatic rings. The molecule has 1 saturated carbocycles. The highest BCUT2D eigenvalue weighted by molar-refractivity contribution is 9.10. The molecule has 5 heteroatoms. The zero-order chi connectivity index (χ0) is 16.9. The Morgan fingerprint density at radius 1 is 1.35 bits per heavy atom. The van der Waals surface area contributed by atoms with E-state index in [0.29, 0.717) is 12.5 Å². The Bertz CT molecular complexity index is 526. The van der Waals surface area contributed by atoms with Gasteiger partial charge in [-0.05, 0) is 61.6 Å². The number of ether oxygens (including phenoxy) is 1. The van der Waals surface area contributed by atoms with E-state index < -0.39 is 10.0 Å². The summed E-state index contributed by atoms with van der Waals surface area (Å²) in [6.07, 6.45) is 9.95. The van der Waals surface area contributed by atoms with Gasteiger partial charge in [0.15, 0.2) is 0 Å². The fourth-order valence-electron chi connectivity index (χ4n) is 2.30. The van der Waals surface area contributed by atoms with E-state index in [1.54, 1.807) is 0 Å². The SMILES string of the molecule is CS(C)(C)CCOC(=O)N(CCc1cccc(Br)c1)CC1CC1. The predicted octanol–water partition coefficient (Wildman–Crippen LogP) is 4.53. The third-order valence-corrected chi connectivity index (χ3v) is 5.80. The van der Waals surface area contributed by atoms with E-state index in [9.17, 15) is 4.79 Å². The Balaban J connectivity index is 1.84. The fourth-order valence-corrected chi connectivity index (χ4v) is 3.33. The van der Waals surface area contributed by atoms with E-state index in [2.05, 4.69) is 46.8 Å². The number of hydrogen-bond acceptors (Lipinski definition) is 2. The number of carbonyl (C=O) groups is 1. The molecule has 0 radical (unpaired) electrons.